The van der Waals surface area contributed by atoms with E-state index in [1.165, 1.54) is 167 Å². The molecule has 0 amide bonds. The zero-order valence-corrected chi connectivity index (χ0v) is 38.1. The van der Waals surface area contributed by atoms with Crippen LogP contribution in [0.3, 0.4) is 0 Å². The summed E-state index contributed by atoms with van der Waals surface area (Å²) in [4.78, 5) is 24.7. The van der Waals surface area contributed by atoms with Crippen molar-refractivity contribution in [2.75, 3.05) is 26.4 Å². The number of nitrogens with one attached hydrogen (secondary N) is 1. The third kappa shape index (κ3) is 33.8. The highest BCUT2D eigenvalue weighted by Crippen LogP contribution is 2.23. The molecule has 6 heteroatoms. The Labute approximate surface area is 349 Å². The van der Waals surface area contributed by atoms with Gasteiger partial charge >= 0.3 is 11.9 Å². The summed E-state index contributed by atoms with van der Waals surface area (Å²) in [6.45, 7) is 12.1. The van der Waals surface area contributed by atoms with Crippen molar-refractivity contribution in [1.82, 2.24) is 5.32 Å². The molecule has 0 spiro atoms. The van der Waals surface area contributed by atoms with Gasteiger partial charge in [0.05, 0.1) is 13.2 Å². The Hall–Kier alpha value is -1.14. The normalized spacial score (nSPS) is 13.7. The fourth-order valence-electron chi connectivity index (χ4n) is 8.66. The molecule has 6 nitrogen and oxygen atoms in total. The van der Waals surface area contributed by atoms with E-state index in [4.69, 9.17) is 14.2 Å². The van der Waals surface area contributed by atoms with E-state index in [1.54, 1.807) is 0 Å². The molecule has 0 radical (unpaired) electrons. The minimum Gasteiger partial charge on any atom is -0.466 e. The van der Waals surface area contributed by atoms with Crippen molar-refractivity contribution in [1.29, 1.82) is 0 Å². The molecule has 1 rings (SSSR count). The molecule has 1 aliphatic rings. The summed E-state index contributed by atoms with van der Waals surface area (Å²) in [5.74, 6) is 1.47. The van der Waals surface area contributed by atoms with Crippen LogP contribution in [0.25, 0.3) is 0 Å². The second kappa shape index (κ2) is 40.6. The van der Waals surface area contributed by atoms with Crippen molar-refractivity contribution < 1.29 is 23.8 Å². The average Bonchev–Trinajstić information content (AvgIpc) is 3.20. The number of hydrogen-bond donors (Lipinski definition) is 1. The lowest BCUT2D eigenvalue weighted by Crippen LogP contribution is -2.41. The smallest absolute Gasteiger partial charge is 0.305 e. The first-order valence-electron chi connectivity index (χ1n) is 25.2. The second-order valence-corrected chi connectivity index (χ2v) is 17.8. The molecule has 0 atom stereocenters. The van der Waals surface area contributed by atoms with E-state index in [2.05, 4.69) is 33.0 Å². The Balaban J connectivity index is 2.16. The summed E-state index contributed by atoms with van der Waals surface area (Å²) in [5.41, 5.74) is 0. The van der Waals surface area contributed by atoms with Crippen molar-refractivity contribution in [3.63, 3.8) is 0 Å². The van der Waals surface area contributed by atoms with Gasteiger partial charge in [0, 0.05) is 38.1 Å². The Morgan fingerprint density at radius 1 is 0.464 bits per heavy atom. The predicted octanol–water partition coefficient (Wildman–Crippen LogP) is 14.8. The SMILES string of the molecule is CCCCCC(CCCCC)CCOC(=O)CCCCCCCCC(CCCCCCCCC(=O)OCCC(CCCCC)CCCCC)NC1CCOCC1. The number of hydrogen-bond acceptors (Lipinski definition) is 6. The van der Waals surface area contributed by atoms with Crippen molar-refractivity contribution in [3.05, 3.63) is 0 Å². The zero-order valence-electron chi connectivity index (χ0n) is 38.1. The highest BCUT2D eigenvalue weighted by molar-refractivity contribution is 5.69. The maximum absolute atomic E-state index is 12.4. The molecule has 332 valence electrons. The fourth-order valence-corrected chi connectivity index (χ4v) is 8.66. The van der Waals surface area contributed by atoms with Crippen LogP contribution in [0.2, 0.25) is 0 Å². The lowest BCUT2D eigenvalue weighted by molar-refractivity contribution is -0.145. The number of unbranched alkanes of at least 4 members (excludes halogenated alkanes) is 18. The van der Waals surface area contributed by atoms with Crippen LogP contribution in [0, 0.1) is 11.8 Å². The largest absolute Gasteiger partial charge is 0.466 e. The van der Waals surface area contributed by atoms with Gasteiger partial charge < -0.3 is 19.5 Å². The topological polar surface area (TPSA) is 73.9 Å². The van der Waals surface area contributed by atoms with Gasteiger partial charge in [-0.1, -0.05) is 195 Å². The van der Waals surface area contributed by atoms with Crippen molar-refractivity contribution >= 4 is 11.9 Å². The molecule has 0 aliphatic carbocycles. The van der Waals surface area contributed by atoms with Crippen molar-refractivity contribution in [2.45, 2.75) is 271 Å². The van der Waals surface area contributed by atoms with Crippen LogP contribution in [-0.2, 0) is 23.8 Å². The summed E-state index contributed by atoms with van der Waals surface area (Å²) in [5, 5.41) is 4.02. The molecule has 0 unspecified atom stereocenters. The van der Waals surface area contributed by atoms with E-state index < -0.39 is 0 Å². The number of carbonyl (C=O) groups excluding carboxylic acids is 2. The monoisotopic (exact) mass is 792 g/mol. The molecule has 0 saturated carbocycles. The quantitative estimate of drug-likeness (QED) is 0.0490. The molecule has 0 aromatic heterocycles. The first-order chi connectivity index (χ1) is 27.5. The lowest BCUT2D eigenvalue weighted by atomic mass is 9.92. The van der Waals surface area contributed by atoms with Crippen LogP contribution in [-0.4, -0.2) is 50.4 Å². The van der Waals surface area contributed by atoms with Crippen LogP contribution in [0.1, 0.15) is 259 Å². The Kier molecular flexibility index (Phi) is 38.4. The number of carbonyl (C=O) groups is 2. The van der Waals surface area contributed by atoms with Gasteiger partial charge in [0.15, 0.2) is 0 Å². The van der Waals surface area contributed by atoms with E-state index in [0.717, 1.165) is 76.4 Å². The minimum absolute atomic E-state index is 0.0117. The maximum atomic E-state index is 12.4. The molecule has 0 aromatic rings. The lowest BCUT2D eigenvalue weighted by Gasteiger charge is -2.29. The van der Waals surface area contributed by atoms with Crippen LogP contribution in [0.15, 0.2) is 0 Å². The predicted molar refractivity (Wildman–Crippen MR) is 239 cm³/mol. The maximum Gasteiger partial charge on any atom is 0.305 e. The fraction of sp³-hybridized carbons (Fsp3) is 0.960. The molecule has 0 bridgehead atoms. The average molecular weight is 792 g/mol. The highest BCUT2D eigenvalue weighted by atomic mass is 16.5. The van der Waals surface area contributed by atoms with Gasteiger partial charge in [0.2, 0.25) is 0 Å². The number of ether oxygens (including phenoxy) is 3. The van der Waals surface area contributed by atoms with E-state index >= 15 is 0 Å². The number of esters is 2. The second-order valence-electron chi connectivity index (χ2n) is 17.8. The third-order valence-electron chi connectivity index (χ3n) is 12.5. The van der Waals surface area contributed by atoms with Gasteiger partial charge in [-0.25, -0.2) is 0 Å². The molecule has 1 fully saturated rings. The van der Waals surface area contributed by atoms with Crippen LogP contribution in [0.4, 0.5) is 0 Å². The van der Waals surface area contributed by atoms with Gasteiger partial charge in [-0.15, -0.1) is 0 Å². The van der Waals surface area contributed by atoms with Crippen molar-refractivity contribution in [2.24, 2.45) is 11.8 Å². The molecular formula is C50H97NO5. The van der Waals surface area contributed by atoms with Gasteiger partial charge in [0.25, 0.3) is 0 Å². The van der Waals surface area contributed by atoms with Crippen LogP contribution in [0.5, 0.6) is 0 Å². The van der Waals surface area contributed by atoms with E-state index in [9.17, 15) is 9.59 Å². The first kappa shape index (κ1) is 52.9. The Morgan fingerprint density at radius 2 is 0.804 bits per heavy atom. The van der Waals surface area contributed by atoms with Gasteiger partial charge in [0.1, 0.15) is 0 Å². The summed E-state index contributed by atoms with van der Waals surface area (Å²) in [6, 6.07) is 1.22. The Morgan fingerprint density at radius 3 is 1.18 bits per heavy atom. The summed E-state index contributed by atoms with van der Waals surface area (Å²) in [7, 11) is 0. The van der Waals surface area contributed by atoms with E-state index in [1.807, 2.05) is 0 Å². The molecular weight excluding hydrogens is 695 g/mol. The van der Waals surface area contributed by atoms with Crippen LogP contribution < -0.4 is 5.32 Å². The molecule has 56 heavy (non-hydrogen) atoms. The molecule has 1 heterocycles. The van der Waals surface area contributed by atoms with E-state index in [-0.39, 0.29) is 11.9 Å². The molecule has 1 saturated heterocycles. The molecule has 1 aliphatic heterocycles. The standard InChI is InChI=1S/C50H97NO5/c1-5-9-21-29-45(30-22-10-6-2)37-43-55-49(52)35-27-19-15-13-17-25-33-47(51-48-39-41-54-42-40-48)34-26-18-14-16-20-28-36-50(53)56-44-38-46(31-23-11-7-3)32-24-12-8-4/h45-48,51H,5-44H2,1-4H3. The number of rotatable bonds is 42. The van der Waals surface area contributed by atoms with Crippen molar-refractivity contribution in [3.8, 4) is 0 Å². The summed E-state index contributed by atoms with van der Waals surface area (Å²) in [6.07, 6.45) is 43.2. The summed E-state index contributed by atoms with van der Waals surface area (Å²) >= 11 is 0. The van der Waals surface area contributed by atoms with E-state index in [0.29, 0.717) is 38.1 Å². The van der Waals surface area contributed by atoms with Crippen LogP contribution >= 0.6 is 0 Å². The molecule has 1 N–H and O–H groups in total. The van der Waals surface area contributed by atoms with Gasteiger partial charge in [-0.05, 0) is 63.2 Å². The zero-order chi connectivity index (χ0) is 40.6. The third-order valence-corrected chi connectivity index (χ3v) is 12.5. The molecule has 0 aromatic carbocycles. The first-order valence-corrected chi connectivity index (χ1v) is 25.2. The minimum atomic E-state index is 0.0117. The summed E-state index contributed by atoms with van der Waals surface area (Å²) < 4.78 is 16.9. The Bertz CT molecular complexity index is 767. The van der Waals surface area contributed by atoms with Gasteiger partial charge in [-0.3, -0.25) is 9.59 Å². The highest BCUT2D eigenvalue weighted by Gasteiger charge is 2.18. The van der Waals surface area contributed by atoms with Gasteiger partial charge in [-0.2, -0.15) is 0 Å².